The molecule has 0 aliphatic carbocycles. The first-order valence-corrected chi connectivity index (χ1v) is 31.2. The van der Waals surface area contributed by atoms with E-state index in [9.17, 15) is 117 Å². The Morgan fingerprint density at radius 3 is 0.835 bits per heavy atom. The van der Waals surface area contributed by atoms with E-state index in [1.165, 1.54) is 0 Å². The van der Waals surface area contributed by atoms with E-state index in [4.69, 9.17) is 71.2 Å². The van der Waals surface area contributed by atoms with E-state index in [1.807, 2.05) is 20.8 Å². The van der Waals surface area contributed by atoms with Crippen LogP contribution in [0.1, 0.15) is 31.9 Å². The molecule has 37 atom stereocenters. The molecule has 1 aromatic carbocycles. The smallest absolute Gasteiger partial charge is 0.349 e. The molecule has 0 unspecified atom stereocenters. The van der Waals surface area contributed by atoms with Crippen molar-refractivity contribution in [1.82, 2.24) is 5.32 Å². The fourth-order valence-electron chi connectivity index (χ4n) is 12.9. The van der Waals surface area contributed by atoms with Gasteiger partial charge >= 0.3 is 5.97 Å². The van der Waals surface area contributed by atoms with Gasteiger partial charge < -0.3 is 184 Å². The van der Waals surface area contributed by atoms with Crippen molar-refractivity contribution in [2.75, 3.05) is 46.2 Å². The lowest BCUT2D eigenvalue weighted by atomic mass is 9.85. The quantitative estimate of drug-likeness (QED) is 0.0978. The number of hydrogen-bond acceptors (Lipinski definition) is 38. The molecule has 40 heteroatoms. The molecule has 97 heavy (non-hydrogen) atoms. The molecule has 22 aliphatic heterocycles. The summed E-state index contributed by atoms with van der Waals surface area (Å²) in [6, 6.07) is 6.62. The maximum atomic E-state index is 14.4. The number of aliphatic hydroxyl groups excluding tert-OH is 20. The van der Waals surface area contributed by atoms with Crippen LogP contribution in [0.3, 0.4) is 0 Å². The molecular weight excluding hydrogens is 1320 g/mol. The lowest BCUT2D eigenvalue weighted by Gasteiger charge is -2.50. The summed E-state index contributed by atoms with van der Waals surface area (Å²) in [7, 11) is 0. The van der Waals surface area contributed by atoms with Gasteiger partial charge in [-0.1, -0.05) is 50.2 Å². The van der Waals surface area contributed by atoms with Crippen LogP contribution in [-0.2, 0) is 86.2 Å². The zero-order chi connectivity index (χ0) is 70.5. The number of benzene rings is 1. The van der Waals surface area contributed by atoms with Crippen LogP contribution in [0.5, 0.6) is 0 Å². The van der Waals surface area contributed by atoms with Gasteiger partial charge in [0.15, 0.2) is 44.0 Å². The number of carbonyl (C=O) groups excluding carboxylic acids is 1. The van der Waals surface area contributed by atoms with Crippen LogP contribution in [0.25, 0.3) is 0 Å². The van der Waals surface area contributed by atoms with Crippen molar-refractivity contribution in [2.45, 2.75) is 247 Å². The van der Waals surface area contributed by atoms with Crippen molar-refractivity contribution in [3.8, 4) is 0 Å². The number of carbonyl (C=O) groups is 2. The molecule has 22 N–H and O–H groups in total. The van der Waals surface area contributed by atoms with Gasteiger partial charge in [0.25, 0.3) is 0 Å². The SMILES string of the molecule is CC(C)(C)c1ccc(C2=NO[C@@H](C(=O)O)[C@@H]2C(=O)NC[C@@H]2O[C@@H]3O[C@H]4[C@@H](O)[C@H](O)[C@@H](O[C@H]5[C@H](O)[C@H](O)[C@@H](O[C@H]6[C@H](O)[C@@H](O)[C@@H](O[C@H]7[C@H](O)[C@@H](O)[C@@H](O[C@H]8[C@H](O)[C@@H](O)[C@@H](O[C@H]9[C@H](O)[C@@H](O)[C@@H](O[C@H]2[C@H](O)[C@H]3O)O[C@H]9CO)O[C@H]8CO)O[C@H]7CO)O[C@@H]6CO)O[C@@H]5CO)O[C@@H]4CO)cc1. The first kappa shape index (κ1) is 75.9. The summed E-state index contributed by atoms with van der Waals surface area (Å²) < 4.78 is 81.4. The summed E-state index contributed by atoms with van der Waals surface area (Å²) in [4.78, 5) is 32.2. The molecule has 1 aromatic rings. The van der Waals surface area contributed by atoms with E-state index in [1.54, 1.807) is 24.3 Å². The molecule has 0 aromatic heterocycles. The summed E-state index contributed by atoms with van der Waals surface area (Å²) in [6.07, 6.45) is -75.4. The van der Waals surface area contributed by atoms with Crippen molar-refractivity contribution in [2.24, 2.45) is 11.1 Å². The number of nitrogens with zero attached hydrogens (tertiary/aromatic N) is 1. The molecule has 22 heterocycles. The molecule has 21 saturated heterocycles. The molecule has 0 saturated carbocycles. The lowest BCUT2D eigenvalue weighted by Crippen LogP contribution is -2.68. The topological polar surface area (TPSA) is 622 Å². The van der Waals surface area contributed by atoms with Gasteiger partial charge in [-0.2, -0.15) is 0 Å². The van der Waals surface area contributed by atoms with Gasteiger partial charge in [0.2, 0.25) is 12.0 Å². The maximum Gasteiger partial charge on any atom is 0.349 e. The largest absolute Gasteiger partial charge is 0.478 e. The van der Waals surface area contributed by atoms with Crippen LogP contribution in [0.2, 0.25) is 0 Å². The van der Waals surface area contributed by atoms with Crippen molar-refractivity contribution in [3.05, 3.63) is 35.4 Å². The predicted octanol–water partition coefficient (Wildman–Crippen LogP) is -13.3. The molecular formula is C57H86N2O38. The molecule has 0 radical (unpaired) electrons. The third-order valence-corrected chi connectivity index (χ3v) is 18.5. The number of carboxylic acid groups (broad SMARTS) is 1. The fourth-order valence-corrected chi connectivity index (χ4v) is 12.9. The number of hydrogen-bond donors (Lipinski definition) is 22. The second-order valence-corrected chi connectivity index (χ2v) is 25.9. The fraction of sp³-hybridized carbons (Fsp3) is 0.842. The number of aliphatic hydroxyl groups is 20. The second kappa shape index (κ2) is 31.5. The molecule has 21 fully saturated rings. The molecule has 40 nitrogen and oxygen atoms in total. The minimum absolute atomic E-state index is 0.142. The second-order valence-electron chi connectivity index (χ2n) is 25.9. The predicted molar refractivity (Wildman–Crippen MR) is 302 cm³/mol. The van der Waals surface area contributed by atoms with Crippen LogP contribution in [0.15, 0.2) is 29.4 Å². The number of nitrogens with one attached hydrogen (secondary N) is 1. The lowest BCUT2D eigenvalue weighted by molar-refractivity contribution is -0.396. The van der Waals surface area contributed by atoms with E-state index < -0.39 is 285 Å². The Bertz CT molecular complexity index is 2760. The number of aliphatic carboxylic acids is 1. The van der Waals surface area contributed by atoms with E-state index in [0.29, 0.717) is 0 Å². The highest BCUT2D eigenvalue weighted by atomic mass is 16.8. The van der Waals surface area contributed by atoms with Crippen molar-refractivity contribution in [1.29, 1.82) is 0 Å². The highest BCUT2D eigenvalue weighted by Crippen LogP contribution is 2.40. The van der Waals surface area contributed by atoms with Crippen LogP contribution >= 0.6 is 0 Å². The molecule has 0 spiro atoms. The Morgan fingerprint density at radius 2 is 0.608 bits per heavy atom. The molecule has 14 bridgehead atoms. The van der Waals surface area contributed by atoms with Gasteiger partial charge in [-0.05, 0) is 11.0 Å². The highest BCUT2D eigenvalue weighted by Gasteiger charge is 2.60. The third kappa shape index (κ3) is 15.2. The Hall–Kier alpha value is -3.73. The van der Waals surface area contributed by atoms with Gasteiger partial charge in [0.1, 0.15) is 183 Å². The van der Waals surface area contributed by atoms with Gasteiger partial charge in [-0.3, -0.25) is 4.79 Å². The van der Waals surface area contributed by atoms with Crippen molar-refractivity contribution < 1.29 is 188 Å². The summed E-state index contributed by atoms with van der Waals surface area (Å²) in [6.45, 7) is -1.69. The Labute approximate surface area is 549 Å². The molecule has 22 aliphatic rings. The number of amides is 1. The van der Waals surface area contributed by atoms with E-state index >= 15 is 0 Å². The molecule has 552 valence electrons. The monoisotopic (exact) mass is 1410 g/mol. The number of oxime groups is 1. The first-order chi connectivity index (χ1) is 46.0. The van der Waals surface area contributed by atoms with Crippen LogP contribution in [-0.4, -0.2) is 392 Å². The van der Waals surface area contributed by atoms with Gasteiger partial charge in [-0.15, -0.1) is 0 Å². The summed E-state index contributed by atoms with van der Waals surface area (Å²) in [5.41, 5.74) is 0.653. The number of ether oxygens (including phenoxy) is 14. The Morgan fingerprint density at radius 1 is 0.371 bits per heavy atom. The van der Waals surface area contributed by atoms with Gasteiger partial charge in [-0.25, -0.2) is 4.79 Å². The minimum Gasteiger partial charge on any atom is -0.478 e. The minimum atomic E-state index is -2.37. The standard InChI is InChI=1S/C57H86N2O38/c1-57(2,3)16-6-4-15(5-7-16)25-24(47(49(81)82)97-59-25)48(80)58-8-17-40-26(66)33(73)50(83-17)91-41-18(9-60)85-52(35(75)28(41)68)93-43-20(11-62)87-54(37(77)30(43)70)95-45-22(13-64)89-56(39(79)32(45)72)96-46-23(14-65)88-55(38(78)31(46)71)94-44-21(12-63)86-53(36(76)29(44)69)92-42-19(10-61)84-51(90-40)34(74)27(42)67/h4-7,17-24,26-47,50-56,60-79H,8-14H2,1-3H3,(H,58,80)(H,81,82)/t17-,18+,19-,20+,21-,22+,23-,24+,26+,27+,28-,29+,30+,31+,32+,33+,34+,35-,36+,37-,38+,39+,40+,41+,42+,43+,44+,45+,46+,47+,50+,51+,52+,53+,54+,55+,56+/m0/s1. The van der Waals surface area contributed by atoms with E-state index in [2.05, 4.69) is 10.5 Å². The molecule has 1 amide bonds. The summed E-state index contributed by atoms with van der Waals surface area (Å²) in [5.74, 6) is -4.43. The van der Waals surface area contributed by atoms with Crippen molar-refractivity contribution in [3.63, 3.8) is 0 Å². The summed E-state index contributed by atoms with van der Waals surface area (Å²) in [5, 5.41) is 242. The molecule has 23 rings (SSSR count). The number of carboxylic acids is 1. The van der Waals surface area contributed by atoms with Crippen LogP contribution < -0.4 is 5.32 Å². The zero-order valence-electron chi connectivity index (χ0n) is 51.9. The Kier molecular flexibility index (Phi) is 24.6. The zero-order valence-corrected chi connectivity index (χ0v) is 51.9. The average molecular weight is 1410 g/mol. The normalized spacial score (nSPS) is 48.6. The van der Waals surface area contributed by atoms with E-state index in [0.717, 1.165) is 5.56 Å². The van der Waals surface area contributed by atoms with Gasteiger partial charge in [0.05, 0.1) is 39.6 Å². The van der Waals surface area contributed by atoms with Crippen LogP contribution in [0, 0.1) is 5.92 Å². The summed E-state index contributed by atoms with van der Waals surface area (Å²) >= 11 is 0. The third-order valence-electron chi connectivity index (χ3n) is 18.5. The van der Waals surface area contributed by atoms with Crippen LogP contribution in [0.4, 0.5) is 0 Å². The highest BCUT2D eigenvalue weighted by molar-refractivity contribution is 6.16. The van der Waals surface area contributed by atoms with E-state index in [-0.39, 0.29) is 16.7 Å². The first-order valence-electron chi connectivity index (χ1n) is 31.2. The Balaban J connectivity index is 0.957. The van der Waals surface area contributed by atoms with Crippen molar-refractivity contribution >= 4 is 17.6 Å². The van der Waals surface area contributed by atoms with Gasteiger partial charge in [0, 0.05) is 12.1 Å². The average Bonchev–Trinajstić information content (AvgIpc) is 1.72. The maximum absolute atomic E-state index is 14.4. The number of rotatable bonds is 11.